The van der Waals surface area contributed by atoms with E-state index < -0.39 is 5.41 Å². The van der Waals surface area contributed by atoms with E-state index in [9.17, 15) is 4.79 Å². The van der Waals surface area contributed by atoms with E-state index in [1.165, 1.54) is 6.26 Å². The normalized spacial score (nSPS) is 13.9. The maximum atomic E-state index is 11.5. The number of hydrogen-bond donors (Lipinski definition) is 0. The molecule has 1 unspecified atom stereocenters. The minimum atomic E-state index is -0.451. The summed E-state index contributed by atoms with van der Waals surface area (Å²) in [4.78, 5) is 11.5. The zero-order valence-electron chi connectivity index (χ0n) is 12.8. The monoisotopic (exact) mass is 264 g/mol. The van der Waals surface area contributed by atoms with Crippen LogP contribution in [0, 0.1) is 11.3 Å². The van der Waals surface area contributed by atoms with Gasteiger partial charge >= 0.3 is 5.97 Å². The molecule has 108 valence electrons. The van der Waals surface area contributed by atoms with Crippen LogP contribution in [0.1, 0.15) is 53.4 Å². The highest BCUT2D eigenvalue weighted by atomic mass is 16.5. The second kappa shape index (κ2) is 9.60. The third kappa shape index (κ3) is 9.29. The first-order valence-corrected chi connectivity index (χ1v) is 7.05. The fraction of sp³-hybridized carbons (Fsp3) is 0.588. The summed E-state index contributed by atoms with van der Waals surface area (Å²) in [6.07, 6.45) is 13.9. The predicted octanol–water partition coefficient (Wildman–Crippen LogP) is 5.03. The highest BCUT2D eigenvalue weighted by Crippen LogP contribution is 2.16. The molecule has 2 heteroatoms. The minimum absolute atomic E-state index is 0.204. The molecule has 0 radical (unpaired) electrons. The maximum absolute atomic E-state index is 11.5. The lowest BCUT2D eigenvalue weighted by atomic mass is 9.97. The highest BCUT2D eigenvalue weighted by molar-refractivity contribution is 5.75. The van der Waals surface area contributed by atoms with Crippen molar-refractivity contribution in [2.24, 2.45) is 11.3 Å². The van der Waals surface area contributed by atoms with Gasteiger partial charge in [0.1, 0.15) is 0 Å². The van der Waals surface area contributed by atoms with Gasteiger partial charge in [-0.1, -0.05) is 25.2 Å². The molecule has 0 aromatic rings. The van der Waals surface area contributed by atoms with Crippen LogP contribution in [0.3, 0.4) is 0 Å². The first kappa shape index (κ1) is 17.7. The molecule has 0 amide bonds. The zero-order chi connectivity index (χ0) is 14.7. The first-order valence-electron chi connectivity index (χ1n) is 7.05. The lowest BCUT2D eigenvalue weighted by Gasteiger charge is -2.14. The van der Waals surface area contributed by atoms with Crippen LogP contribution in [0.2, 0.25) is 0 Å². The van der Waals surface area contributed by atoms with Gasteiger partial charge in [-0.3, -0.25) is 4.79 Å². The Labute approximate surface area is 118 Å². The quantitative estimate of drug-likeness (QED) is 0.349. The van der Waals surface area contributed by atoms with Crippen LogP contribution in [0.25, 0.3) is 0 Å². The molecule has 0 N–H and O–H groups in total. The average molecular weight is 264 g/mol. The Bertz CT molecular complexity index is 319. The minimum Gasteiger partial charge on any atom is -0.434 e. The van der Waals surface area contributed by atoms with Gasteiger partial charge in [0.05, 0.1) is 11.7 Å². The van der Waals surface area contributed by atoms with Crippen molar-refractivity contribution in [3.63, 3.8) is 0 Å². The van der Waals surface area contributed by atoms with E-state index in [4.69, 9.17) is 4.74 Å². The molecule has 0 saturated carbocycles. The van der Waals surface area contributed by atoms with Gasteiger partial charge in [0.2, 0.25) is 0 Å². The van der Waals surface area contributed by atoms with Crippen molar-refractivity contribution in [1.29, 1.82) is 0 Å². The average Bonchev–Trinajstić information content (AvgIpc) is 2.35. The molecule has 0 bridgehead atoms. The van der Waals surface area contributed by atoms with Gasteiger partial charge in [0, 0.05) is 0 Å². The Kier molecular flexibility index (Phi) is 8.94. The van der Waals surface area contributed by atoms with Gasteiger partial charge in [-0.15, -0.1) is 6.58 Å². The van der Waals surface area contributed by atoms with E-state index in [-0.39, 0.29) is 5.97 Å². The van der Waals surface area contributed by atoms with Crippen molar-refractivity contribution in [2.75, 3.05) is 0 Å². The summed E-state index contributed by atoms with van der Waals surface area (Å²) >= 11 is 0. The molecular weight excluding hydrogens is 236 g/mol. The second-order valence-corrected chi connectivity index (χ2v) is 5.72. The number of esters is 1. The third-order valence-electron chi connectivity index (χ3n) is 2.76. The van der Waals surface area contributed by atoms with E-state index in [1.807, 2.05) is 32.9 Å². The molecule has 0 heterocycles. The van der Waals surface area contributed by atoms with Crippen molar-refractivity contribution >= 4 is 5.97 Å². The molecule has 0 aliphatic carbocycles. The summed E-state index contributed by atoms with van der Waals surface area (Å²) in [5.74, 6) is 0.232. The lowest BCUT2D eigenvalue weighted by Crippen LogP contribution is -2.20. The van der Waals surface area contributed by atoms with Crippen LogP contribution in [0.15, 0.2) is 37.1 Å². The highest BCUT2D eigenvalue weighted by Gasteiger charge is 2.22. The van der Waals surface area contributed by atoms with Crippen molar-refractivity contribution in [3.05, 3.63) is 37.1 Å². The molecule has 0 spiro atoms. The fourth-order valence-corrected chi connectivity index (χ4v) is 1.44. The van der Waals surface area contributed by atoms with E-state index in [2.05, 4.69) is 25.7 Å². The molecular formula is C17H28O2. The summed E-state index contributed by atoms with van der Waals surface area (Å²) in [7, 11) is 0. The molecule has 0 saturated heterocycles. The van der Waals surface area contributed by atoms with E-state index in [0.717, 1.165) is 25.7 Å². The standard InChI is InChI=1S/C17H28O2/c1-6-8-9-10-12-15(7-2)13-11-14-19-16(18)17(3,4)5/h7-9,11,14-15H,2,6,10,12-13H2,1,3-5H3. The van der Waals surface area contributed by atoms with Gasteiger partial charge in [0.15, 0.2) is 0 Å². The maximum Gasteiger partial charge on any atom is 0.316 e. The summed E-state index contributed by atoms with van der Waals surface area (Å²) in [6, 6.07) is 0. The van der Waals surface area contributed by atoms with Crippen molar-refractivity contribution in [3.8, 4) is 0 Å². The summed E-state index contributed by atoms with van der Waals surface area (Å²) < 4.78 is 5.08. The summed E-state index contributed by atoms with van der Waals surface area (Å²) in [5.41, 5.74) is -0.451. The van der Waals surface area contributed by atoms with Crippen LogP contribution in [0.4, 0.5) is 0 Å². The first-order chi connectivity index (χ1) is 8.91. The Balaban J connectivity index is 3.97. The molecule has 0 fully saturated rings. The number of carbonyl (C=O) groups is 1. The van der Waals surface area contributed by atoms with Crippen LogP contribution in [0.5, 0.6) is 0 Å². The molecule has 0 aromatic heterocycles. The SMILES string of the molecule is C=CC(CC=COC(=O)C(C)(C)C)CCC=CCC. The van der Waals surface area contributed by atoms with E-state index in [1.54, 1.807) is 0 Å². The molecule has 0 aliphatic rings. The smallest absolute Gasteiger partial charge is 0.316 e. The Hall–Kier alpha value is -1.31. The zero-order valence-corrected chi connectivity index (χ0v) is 12.8. The number of hydrogen-bond acceptors (Lipinski definition) is 2. The Morgan fingerprint density at radius 1 is 1.26 bits per heavy atom. The van der Waals surface area contributed by atoms with E-state index >= 15 is 0 Å². The van der Waals surface area contributed by atoms with Gasteiger partial charge < -0.3 is 4.74 Å². The van der Waals surface area contributed by atoms with Gasteiger partial charge in [-0.05, 0) is 58.4 Å². The molecule has 19 heavy (non-hydrogen) atoms. The van der Waals surface area contributed by atoms with Gasteiger partial charge in [0.25, 0.3) is 0 Å². The Morgan fingerprint density at radius 3 is 2.47 bits per heavy atom. The summed E-state index contributed by atoms with van der Waals surface area (Å²) in [6.45, 7) is 11.5. The van der Waals surface area contributed by atoms with Crippen LogP contribution in [-0.4, -0.2) is 5.97 Å². The molecule has 2 nitrogen and oxygen atoms in total. The number of rotatable bonds is 8. The Morgan fingerprint density at radius 2 is 1.95 bits per heavy atom. The summed E-state index contributed by atoms with van der Waals surface area (Å²) in [5, 5.41) is 0. The largest absolute Gasteiger partial charge is 0.434 e. The van der Waals surface area contributed by atoms with Crippen molar-refractivity contribution in [1.82, 2.24) is 0 Å². The van der Waals surface area contributed by atoms with Gasteiger partial charge in [-0.25, -0.2) is 0 Å². The number of allylic oxidation sites excluding steroid dienone is 4. The molecule has 1 atom stereocenters. The number of ether oxygens (including phenoxy) is 1. The number of carbonyl (C=O) groups excluding carboxylic acids is 1. The lowest BCUT2D eigenvalue weighted by molar-refractivity contribution is -0.146. The van der Waals surface area contributed by atoms with Crippen LogP contribution < -0.4 is 0 Å². The molecule has 0 aromatic carbocycles. The third-order valence-corrected chi connectivity index (χ3v) is 2.76. The van der Waals surface area contributed by atoms with Crippen LogP contribution >= 0.6 is 0 Å². The van der Waals surface area contributed by atoms with Crippen molar-refractivity contribution < 1.29 is 9.53 Å². The topological polar surface area (TPSA) is 26.3 Å². The van der Waals surface area contributed by atoms with E-state index in [0.29, 0.717) is 5.92 Å². The van der Waals surface area contributed by atoms with Crippen LogP contribution in [-0.2, 0) is 9.53 Å². The van der Waals surface area contributed by atoms with Crippen molar-refractivity contribution in [2.45, 2.75) is 53.4 Å². The second-order valence-electron chi connectivity index (χ2n) is 5.72. The fourth-order valence-electron chi connectivity index (χ4n) is 1.44. The molecule has 0 aliphatic heterocycles. The van der Waals surface area contributed by atoms with Gasteiger partial charge in [-0.2, -0.15) is 0 Å². The predicted molar refractivity (Wildman–Crippen MR) is 81.7 cm³/mol. The molecule has 0 rings (SSSR count).